The van der Waals surface area contributed by atoms with E-state index in [0.717, 1.165) is 16.7 Å². The van der Waals surface area contributed by atoms with E-state index in [1.807, 2.05) is 20.8 Å². The minimum Gasteiger partial charge on any atom is -0.480 e. The van der Waals surface area contributed by atoms with Gasteiger partial charge in [0.05, 0.1) is 0 Å². The smallest absolute Gasteiger partial charge is 0.319 e. The van der Waals surface area contributed by atoms with Crippen LogP contribution in [0, 0.1) is 26.2 Å². The van der Waals surface area contributed by atoms with E-state index >= 15 is 0 Å². The number of carboxylic acids is 1. The molecule has 1 aromatic rings. The summed E-state index contributed by atoms with van der Waals surface area (Å²) in [5.41, 5.74) is 3.34. The molecule has 102 valence electrons. The van der Waals surface area contributed by atoms with Crippen molar-refractivity contribution in [3.63, 3.8) is 0 Å². The fourth-order valence-corrected chi connectivity index (χ4v) is 2.49. The molecule has 0 radical (unpaired) electrons. The van der Waals surface area contributed by atoms with Crippen molar-refractivity contribution in [3.8, 4) is 0 Å². The standard InChI is InChI=1S/C15H19NO3/c1-9-6-10(2)12(11(3)7-9)8-16-13(17)15(4-5-15)14(18)19/h6-7H,4-5,8H2,1-3H3,(H,16,17)(H,18,19). The summed E-state index contributed by atoms with van der Waals surface area (Å²) in [6.45, 7) is 6.44. The molecule has 19 heavy (non-hydrogen) atoms. The number of carboxylic acid groups (broad SMARTS) is 1. The summed E-state index contributed by atoms with van der Waals surface area (Å²) in [6, 6.07) is 4.14. The third kappa shape index (κ3) is 2.48. The van der Waals surface area contributed by atoms with E-state index in [-0.39, 0.29) is 5.91 Å². The normalized spacial score (nSPS) is 15.9. The molecule has 2 N–H and O–H groups in total. The van der Waals surface area contributed by atoms with Crippen LogP contribution in [0.2, 0.25) is 0 Å². The van der Waals surface area contributed by atoms with Gasteiger partial charge >= 0.3 is 5.97 Å². The predicted molar refractivity (Wildman–Crippen MR) is 71.8 cm³/mol. The predicted octanol–water partition coefficient (Wildman–Crippen LogP) is 2.09. The quantitative estimate of drug-likeness (QED) is 0.816. The van der Waals surface area contributed by atoms with E-state index in [4.69, 9.17) is 5.11 Å². The van der Waals surface area contributed by atoms with E-state index in [2.05, 4.69) is 17.4 Å². The summed E-state index contributed by atoms with van der Waals surface area (Å²) in [4.78, 5) is 23.0. The molecule has 1 aliphatic rings. The van der Waals surface area contributed by atoms with Crippen molar-refractivity contribution in [3.05, 3.63) is 34.4 Å². The average Bonchev–Trinajstić information content (AvgIpc) is 3.08. The van der Waals surface area contributed by atoms with Crippen molar-refractivity contribution in [2.45, 2.75) is 40.2 Å². The van der Waals surface area contributed by atoms with Crippen molar-refractivity contribution in [1.82, 2.24) is 5.32 Å². The van der Waals surface area contributed by atoms with Crippen molar-refractivity contribution in [2.24, 2.45) is 5.41 Å². The molecule has 4 heteroatoms. The van der Waals surface area contributed by atoms with Crippen LogP contribution in [0.5, 0.6) is 0 Å². The number of hydrogen-bond donors (Lipinski definition) is 2. The summed E-state index contributed by atoms with van der Waals surface area (Å²) >= 11 is 0. The monoisotopic (exact) mass is 261 g/mol. The van der Waals surface area contributed by atoms with Crippen LogP contribution in [0.4, 0.5) is 0 Å². The van der Waals surface area contributed by atoms with Crippen LogP contribution in [0.1, 0.15) is 35.1 Å². The lowest BCUT2D eigenvalue weighted by Gasteiger charge is -2.14. The highest BCUT2D eigenvalue weighted by molar-refractivity contribution is 6.04. The minimum atomic E-state index is -1.16. The van der Waals surface area contributed by atoms with E-state index in [0.29, 0.717) is 19.4 Å². The lowest BCUT2D eigenvalue weighted by molar-refractivity contribution is -0.149. The number of aryl methyl sites for hydroxylation is 3. The SMILES string of the molecule is Cc1cc(C)c(CNC(=O)C2(C(=O)O)CC2)c(C)c1. The second kappa shape index (κ2) is 4.68. The molecule has 1 saturated carbocycles. The van der Waals surface area contributed by atoms with Crippen molar-refractivity contribution in [1.29, 1.82) is 0 Å². The second-order valence-corrected chi connectivity index (χ2v) is 5.45. The molecule has 0 aliphatic heterocycles. The van der Waals surface area contributed by atoms with Gasteiger partial charge in [0.1, 0.15) is 5.41 Å². The number of nitrogens with one attached hydrogen (secondary N) is 1. The largest absolute Gasteiger partial charge is 0.480 e. The van der Waals surface area contributed by atoms with Crippen LogP contribution in [0.15, 0.2) is 12.1 Å². The number of aliphatic carboxylic acids is 1. The lowest BCUT2D eigenvalue weighted by atomic mass is 9.99. The molecule has 0 spiro atoms. The number of carbonyl (C=O) groups is 2. The number of hydrogen-bond acceptors (Lipinski definition) is 2. The first-order valence-electron chi connectivity index (χ1n) is 6.45. The summed E-state index contributed by atoms with van der Waals surface area (Å²) in [6.07, 6.45) is 0.889. The first-order chi connectivity index (χ1) is 8.86. The number of amides is 1. The molecule has 0 heterocycles. The van der Waals surface area contributed by atoms with Crippen LogP contribution >= 0.6 is 0 Å². The Morgan fingerprint density at radius 3 is 2.16 bits per heavy atom. The highest BCUT2D eigenvalue weighted by Gasteiger charge is 2.56. The van der Waals surface area contributed by atoms with Gasteiger partial charge in [-0.3, -0.25) is 9.59 Å². The number of rotatable bonds is 4. The second-order valence-electron chi connectivity index (χ2n) is 5.45. The molecule has 0 bridgehead atoms. The summed E-state index contributed by atoms with van der Waals surface area (Å²) in [7, 11) is 0. The zero-order valence-corrected chi connectivity index (χ0v) is 11.5. The Morgan fingerprint density at radius 2 is 1.74 bits per heavy atom. The first-order valence-corrected chi connectivity index (χ1v) is 6.45. The van der Waals surface area contributed by atoms with Crippen LogP contribution in [0.3, 0.4) is 0 Å². The van der Waals surface area contributed by atoms with Gasteiger partial charge in [-0.2, -0.15) is 0 Å². The van der Waals surface area contributed by atoms with Gasteiger partial charge in [0, 0.05) is 6.54 Å². The highest BCUT2D eigenvalue weighted by atomic mass is 16.4. The zero-order valence-electron chi connectivity index (χ0n) is 11.5. The molecule has 1 fully saturated rings. The van der Waals surface area contributed by atoms with Crippen LogP contribution in [0.25, 0.3) is 0 Å². The molecule has 0 unspecified atom stereocenters. The molecule has 0 saturated heterocycles. The molecule has 2 rings (SSSR count). The van der Waals surface area contributed by atoms with Gasteiger partial charge in [0.2, 0.25) is 5.91 Å². The highest BCUT2D eigenvalue weighted by Crippen LogP contribution is 2.46. The molecule has 0 aromatic heterocycles. The van der Waals surface area contributed by atoms with Crippen LogP contribution < -0.4 is 5.32 Å². The van der Waals surface area contributed by atoms with Gasteiger partial charge in [0.15, 0.2) is 0 Å². The van der Waals surface area contributed by atoms with E-state index in [1.54, 1.807) is 0 Å². The van der Waals surface area contributed by atoms with Crippen LogP contribution in [-0.4, -0.2) is 17.0 Å². The van der Waals surface area contributed by atoms with E-state index in [1.165, 1.54) is 5.56 Å². The van der Waals surface area contributed by atoms with E-state index in [9.17, 15) is 9.59 Å². The van der Waals surface area contributed by atoms with Gasteiger partial charge in [-0.1, -0.05) is 17.7 Å². The maximum absolute atomic E-state index is 11.9. The van der Waals surface area contributed by atoms with Gasteiger partial charge in [-0.05, 0) is 50.3 Å². The lowest BCUT2D eigenvalue weighted by Crippen LogP contribution is -2.36. The maximum Gasteiger partial charge on any atom is 0.319 e. The maximum atomic E-state index is 11.9. The van der Waals surface area contributed by atoms with E-state index < -0.39 is 11.4 Å². The molecule has 1 aromatic carbocycles. The van der Waals surface area contributed by atoms with Gasteiger partial charge < -0.3 is 10.4 Å². The van der Waals surface area contributed by atoms with Gasteiger partial charge in [0.25, 0.3) is 0 Å². The number of benzene rings is 1. The third-order valence-electron chi connectivity index (χ3n) is 3.86. The fraction of sp³-hybridized carbons (Fsp3) is 0.467. The molecule has 0 atom stereocenters. The molecule has 1 aliphatic carbocycles. The zero-order chi connectivity index (χ0) is 14.2. The Labute approximate surface area is 112 Å². The Hall–Kier alpha value is -1.84. The average molecular weight is 261 g/mol. The van der Waals surface area contributed by atoms with Gasteiger partial charge in [-0.25, -0.2) is 0 Å². The number of carbonyl (C=O) groups excluding carboxylic acids is 1. The fourth-order valence-electron chi connectivity index (χ4n) is 2.49. The first kappa shape index (κ1) is 13.6. The van der Waals surface area contributed by atoms with Crippen molar-refractivity contribution in [2.75, 3.05) is 0 Å². The van der Waals surface area contributed by atoms with Gasteiger partial charge in [-0.15, -0.1) is 0 Å². The Bertz CT molecular complexity index is 521. The summed E-state index contributed by atoms with van der Waals surface area (Å²) in [5, 5.41) is 11.8. The van der Waals surface area contributed by atoms with Crippen molar-refractivity contribution < 1.29 is 14.7 Å². The molecule has 4 nitrogen and oxygen atoms in total. The third-order valence-corrected chi connectivity index (χ3v) is 3.86. The topological polar surface area (TPSA) is 66.4 Å². The Kier molecular flexibility index (Phi) is 3.35. The minimum absolute atomic E-state index is 0.362. The Morgan fingerprint density at radius 1 is 1.21 bits per heavy atom. The van der Waals surface area contributed by atoms with Crippen LogP contribution in [-0.2, 0) is 16.1 Å². The summed E-state index contributed by atoms with van der Waals surface area (Å²) in [5.74, 6) is -1.37. The molecule has 1 amide bonds. The Balaban J connectivity index is 2.08. The van der Waals surface area contributed by atoms with Crippen molar-refractivity contribution >= 4 is 11.9 Å². The molecular weight excluding hydrogens is 242 g/mol. The summed E-state index contributed by atoms with van der Waals surface area (Å²) < 4.78 is 0. The molecular formula is C15H19NO3.